The minimum atomic E-state index is -4.44. The molecule has 3 N–H and O–H groups in total. The van der Waals surface area contributed by atoms with Crippen LogP contribution < -0.4 is 10.6 Å². The average Bonchev–Trinajstić information content (AvgIpc) is 2.82. The van der Waals surface area contributed by atoms with Crippen LogP contribution in [0.25, 0.3) is 0 Å². The van der Waals surface area contributed by atoms with E-state index in [9.17, 15) is 31.9 Å². The van der Waals surface area contributed by atoms with Crippen molar-refractivity contribution < 1.29 is 31.9 Å². The Balaban J connectivity index is 1.87. The molecule has 1 aliphatic rings. The van der Waals surface area contributed by atoms with Crippen molar-refractivity contribution in [1.29, 1.82) is 0 Å². The van der Waals surface area contributed by atoms with Crippen molar-refractivity contribution in [2.24, 2.45) is 5.92 Å². The molecule has 0 radical (unpaired) electrons. The van der Waals surface area contributed by atoms with Crippen molar-refractivity contribution in [3.8, 4) is 0 Å². The number of anilines is 1. The Bertz CT molecular complexity index is 662. The van der Waals surface area contributed by atoms with Gasteiger partial charge in [0.15, 0.2) is 0 Å². The number of urea groups is 1. The second-order valence-electron chi connectivity index (χ2n) is 7.24. The molecular weight excluding hydrogens is 375 g/mol. The summed E-state index contributed by atoms with van der Waals surface area (Å²) in [6.07, 6.45) is -3.70. The number of hydrogen-bond acceptors (Lipinski definition) is 3. The van der Waals surface area contributed by atoms with Crippen LogP contribution in [0.4, 0.5) is 32.4 Å². The van der Waals surface area contributed by atoms with Gasteiger partial charge >= 0.3 is 12.2 Å². The summed E-state index contributed by atoms with van der Waals surface area (Å²) in [6, 6.07) is -0.730. The lowest BCUT2D eigenvalue weighted by Crippen LogP contribution is -2.48. The zero-order valence-electron chi connectivity index (χ0n) is 15.0. The van der Waals surface area contributed by atoms with Crippen molar-refractivity contribution in [2.75, 3.05) is 11.9 Å². The largest absolute Gasteiger partial charge is 0.408 e. The summed E-state index contributed by atoms with van der Waals surface area (Å²) in [5.74, 6) is -3.10. The van der Waals surface area contributed by atoms with E-state index in [0.29, 0.717) is 4.68 Å². The van der Waals surface area contributed by atoms with Gasteiger partial charge < -0.3 is 15.7 Å². The van der Waals surface area contributed by atoms with Crippen LogP contribution in [0.1, 0.15) is 38.3 Å². The van der Waals surface area contributed by atoms with Crippen molar-refractivity contribution >= 4 is 11.7 Å². The van der Waals surface area contributed by atoms with E-state index < -0.39 is 30.3 Å². The van der Waals surface area contributed by atoms with Crippen molar-refractivity contribution in [1.82, 2.24) is 15.1 Å². The molecule has 1 fully saturated rings. The maximum atomic E-state index is 13.2. The third-order valence-electron chi connectivity index (χ3n) is 4.74. The third kappa shape index (κ3) is 6.33. The number of nitrogens with one attached hydrogen (secondary N) is 2. The van der Waals surface area contributed by atoms with Gasteiger partial charge in [-0.25, -0.2) is 13.6 Å². The highest BCUT2D eigenvalue weighted by molar-refractivity contribution is 5.89. The monoisotopic (exact) mass is 398 g/mol. The summed E-state index contributed by atoms with van der Waals surface area (Å²) in [5.41, 5.74) is -1.06. The molecule has 6 nitrogen and oxygen atoms in total. The lowest BCUT2D eigenvalue weighted by molar-refractivity contribution is -0.142. The molecule has 1 unspecified atom stereocenters. The number of aliphatic hydroxyl groups is 1. The van der Waals surface area contributed by atoms with E-state index in [1.807, 2.05) is 0 Å². The number of carbonyl (C=O) groups excluding carboxylic acids is 1. The molecular formula is C16H23F5N4O2. The van der Waals surface area contributed by atoms with E-state index in [1.54, 1.807) is 0 Å². The molecule has 2 rings (SSSR count). The minimum absolute atomic E-state index is 0.105. The average molecular weight is 398 g/mol. The lowest BCUT2D eigenvalue weighted by Gasteiger charge is -2.38. The summed E-state index contributed by atoms with van der Waals surface area (Å²) < 4.78 is 64.3. The Kier molecular flexibility index (Phi) is 6.03. The van der Waals surface area contributed by atoms with Crippen LogP contribution in [0.2, 0.25) is 0 Å². The molecule has 1 saturated carbocycles. The molecule has 0 aliphatic heterocycles. The SMILES string of the molecule is Cc1nn(CC(F)(F)F)cc1NC(=O)NCC(C)(O)C1CCC(F)(F)CC1. The maximum absolute atomic E-state index is 13.2. The van der Waals surface area contributed by atoms with Gasteiger partial charge in [0.05, 0.1) is 17.0 Å². The van der Waals surface area contributed by atoms with E-state index in [-0.39, 0.29) is 49.5 Å². The van der Waals surface area contributed by atoms with Gasteiger partial charge in [-0.2, -0.15) is 18.3 Å². The highest BCUT2D eigenvalue weighted by Crippen LogP contribution is 2.40. The van der Waals surface area contributed by atoms with Crippen LogP contribution in [0.15, 0.2) is 6.20 Å². The van der Waals surface area contributed by atoms with E-state index in [4.69, 9.17) is 0 Å². The molecule has 0 bridgehead atoms. The van der Waals surface area contributed by atoms with Gasteiger partial charge in [0.1, 0.15) is 6.54 Å². The predicted octanol–water partition coefficient (Wildman–Crippen LogP) is 3.45. The Labute approximate surface area is 153 Å². The van der Waals surface area contributed by atoms with Crippen molar-refractivity contribution in [3.63, 3.8) is 0 Å². The highest BCUT2D eigenvalue weighted by Gasteiger charge is 2.41. The van der Waals surface area contributed by atoms with E-state index in [2.05, 4.69) is 15.7 Å². The fraction of sp³-hybridized carbons (Fsp3) is 0.750. The number of aryl methyl sites for hydroxylation is 1. The van der Waals surface area contributed by atoms with E-state index in [1.165, 1.54) is 13.8 Å². The Hall–Kier alpha value is -1.91. The molecule has 1 atom stereocenters. The quantitative estimate of drug-likeness (QED) is 0.665. The number of aromatic nitrogens is 2. The maximum Gasteiger partial charge on any atom is 0.408 e. The predicted molar refractivity (Wildman–Crippen MR) is 87.6 cm³/mol. The number of halogens is 5. The molecule has 1 aliphatic carbocycles. The van der Waals surface area contributed by atoms with Crippen LogP contribution in [-0.4, -0.2) is 45.2 Å². The van der Waals surface area contributed by atoms with E-state index in [0.717, 1.165) is 6.20 Å². The zero-order valence-corrected chi connectivity index (χ0v) is 15.0. The molecule has 11 heteroatoms. The second-order valence-corrected chi connectivity index (χ2v) is 7.24. The summed E-state index contributed by atoms with van der Waals surface area (Å²) in [4.78, 5) is 12.0. The van der Waals surface area contributed by atoms with Crippen LogP contribution in [0, 0.1) is 12.8 Å². The van der Waals surface area contributed by atoms with Gasteiger partial charge in [0, 0.05) is 25.6 Å². The second kappa shape index (κ2) is 7.61. The first-order valence-corrected chi connectivity index (χ1v) is 8.53. The molecule has 154 valence electrons. The van der Waals surface area contributed by atoms with Gasteiger partial charge in [-0.05, 0) is 32.6 Å². The topological polar surface area (TPSA) is 79.2 Å². The summed E-state index contributed by atoms with van der Waals surface area (Å²) in [7, 11) is 0. The smallest absolute Gasteiger partial charge is 0.388 e. The molecule has 0 spiro atoms. The first kappa shape index (κ1) is 21.4. The fourth-order valence-corrected chi connectivity index (χ4v) is 3.14. The van der Waals surface area contributed by atoms with Crippen LogP contribution in [0.5, 0.6) is 0 Å². The number of nitrogens with zero attached hydrogens (tertiary/aromatic N) is 2. The summed E-state index contributed by atoms with van der Waals surface area (Å²) in [6.45, 7) is 1.46. The third-order valence-corrected chi connectivity index (χ3v) is 4.74. The van der Waals surface area contributed by atoms with Gasteiger partial charge in [-0.1, -0.05) is 0 Å². The number of hydrogen-bond donors (Lipinski definition) is 3. The van der Waals surface area contributed by atoms with Crippen LogP contribution >= 0.6 is 0 Å². The number of carbonyl (C=O) groups is 1. The molecule has 1 aromatic rings. The fourth-order valence-electron chi connectivity index (χ4n) is 3.14. The number of rotatable bonds is 5. The van der Waals surface area contributed by atoms with Gasteiger partial charge in [0.2, 0.25) is 5.92 Å². The van der Waals surface area contributed by atoms with Crippen molar-refractivity contribution in [3.05, 3.63) is 11.9 Å². The summed E-state index contributed by atoms with van der Waals surface area (Å²) in [5, 5.41) is 19.0. The summed E-state index contributed by atoms with van der Waals surface area (Å²) >= 11 is 0. The molecule has 27 heavy (non-hydrogen) atoms. The van der Waals surface area contributed by atoms with Crippen molar-refractivity contribution in [2.45, 2.75) is 63.8 Å². The molecule has 1 aromatic heterocycles. The first-order chi connectivity index (χ1) is 12.3. The first-order valence-electron chi connectivity index (χ1n) is 8.53. The standard InChI is InChI=1S/C16H23F5N4O2/c1-10-12(7-25(24-10)9-16(19,20)21)23-13(26)22-8-14(2,27)11-3-5-15(17,18)6-4-11/h7,11,27H,3-6,8-9H2,1-2H3,(H2,22,23,26). The van der Waals surface area contributed by atoms with Crippen LogP contribution in [-0.2, 0) is 6.54 Å². The Morgan fingerprint density at radius 1 is 1.37 bits per heavy atom. The molecule has 0 saturated heterocycles. The zero-order chi connectivity index (χ0) is 20.5. The Morgan fingerprint density at radius 2 is 1.96 bits per heavy atom. The van der Waals surface area contributed by atoms with E-state index >= 15 is 0 Å². The minimum Gasteiger partial charge on any atom is -0.388 e. The number of alkyl halides is 5. The lowest BCUT2D eigenvalue weighted by atomic mass is 9.76. The number of amides is 2. The Morgan fingerprint density at radius 3 is 2.52 bits per heavy atom. The van der Waals surface area contributed by atoms with Crippen LogP contribution in [0.3, 0.4) is 0 Å². The molecule has 1 heterocycles. The molecule has 0 aromatic carbocycles. The molecule has 2 amide bonds. The van der Waals surface area contributed by atoms with Gasteiger partial charge in [0.25, 0.3) is 0 Å². The normalized spacial score (nSPS) is 20.1. The highest BCUT2D eigenvalue weighted by atomic mass is 19.4. The van der Waals surface area contributed by atoms with Gasteiger partial charge in [-0.15, -0.1) is 0 Å². The van der Waals surface area contributed by atoms with Gasteiger partial charge in [-0.3, -0.25) is 4.68 Å².